The molecule has 1 atom stereocenters. The maximum atomic E-state index is 12.8. The molecule has 2 heterocycles. The van der Waals surface area contributed by atoms with Crippen LogP contribution in [0.5, 0.6) is 0 Å². The summed E-state index contributed by atoms with van der Waals surface area (Å²) >= 11 is 0. The van der Waals surface area contributed by atoms with Crippen molar-refractivity contribution in [1.82, 2.24) is 25.2 Å². The quantitative estimate of drug-likeness (QED) is 0.922. The molecule has 0 saturated carbocycles. The average molecular weight is 350 g/mol. The zero-order valence-corrected chi connectivity index (χ0v) is 15.1. The van der Waals surface area contributed by atoms with Gasteiger partial charge in [0.2, 0.25) is 0 Å². The number of likely N-dealkylation sites (N-methyl/N-ethyl adjacent to an activating group) is 1. The van der Waals surface area contributed by atoms with E-state index in [-0.39, 0.29) is 18.3 Å². The number of nitrogens with one attached hydrogen (secondary N) is 1. The minimum Gasteiger partial charge on any atom is -0.336 e. The number of nitrogens with zero attached hydrogens (tertiary/aromatic N) is 4. The number of piperidine rings is 1. The van der Waals surface area contributed by atoms with Crippen LogP contribution in [0.3, 0.4) is 0 Å². The van der Waals surface area contributed by atoms with Crippen molar-refractivity contribution in [3.8, 4) is 5.69 Å². The van der Waals surface area contributed by atoms with Gasteiger partial charge in [0.05, 0.1) is 11.4 Å². The van der Waals surface area contributed by atoms with E-state index in [4.69, 9.17) is 0 Å². The summed E-state index contributed by atoms with van der Waals surface area (Å²) in [6.45, 7) is 5.45. The van der Waals surface area contributed by atoms with Crippen LogP contribution in [0.25, 0.3) is 5.69 Å². The van der Waals surface area contributed by atoms with Crippen molar-refractivity contribution < 1.29 is 4.79 Å². The lowest BCUT2D eigenvalue weighted by atomic mass is 10.1. The Hall–Kier alpha value is -1.92. The van der Waals surface area contributed by atoms with Gasteiger partial charge in [-0.3, -0.25) is 4.79 Å². The predicted octanol–water partition coefficient (Wildman–Crippen LogP) is 2.13. The highest BCUT2D eigenvalue weighted by molar-refractivity contribution is 5.93. The smallest absolute Gasteiger partial charge is 0.276 e. The van der Waals surface area contributed by atoms with Crippen molar-refractivity contribution in [3.05, 3.63) is 41.2 Å². The number of benzene rings is 1. The third-order valence-corrected chi connectivity index (χ3v) is 4.49. The summed E-state index contributed by atoms with van der Waals surface area (Å²) in [7, 11) is 1.94. The van der Waals surface area contributed by atoms with E-state index in [1.165, 1.54) is 5.56 Å². The van der Waals surface area contributed by atoms with Crippen molar-refractivity contribution in [2.75, 3.05) is 20.1 Å². The van der Waals surface area contributed by atoms with Crippen molar-refractivity contribution in [3.63, 3.8) is 0 Å². The maximum absolute atomic E-state index is 12.8. The number of aromatic nitrogens is 3. The van der Waals surface area contributed by atoms with Crippen molar-refractivity contribution in [2.24, 2.45) is 0 Å². The maximum Gasteiger partial charge on any atom is 0.276 e. The van der Waals surface area contributed by atoms with Crippen molar-refractivity contribution >= 4 is 18.3 Å². The predicted molar refractivity (Wildman–Crippen MR) is 96.1 cm³/mol. The number of carbonyl (C=O) groups excluding carboxylic acids is 1. The molecule has 0 spiro atoms. The first-order valence-electron chi connectivity index (χ1n) is 8.06. The molecule has 1 aliphatic heterocycles. The molecule has 3 rings (SSSR count). The van der Waals surface area contributed by atoms with Gasteiger partial charge in [0.1, 0.15) is 0 Å². The summed E-state index contributed by atoms with van der Waals surface area (Å²) < 4.78 is 1.73. The Morgan fingerprint density at radius 2 is 1.96 bits per heavy atom. The Kier molecular flexibility index (Phi) is 5.96. The molecular weight excluding hydrogens is 326 g/mol. The molecule has 1 amide bonds. The highest BCUT2D eigenvalue weighted by Gasteiger charge is 2.27. The van der Waals surface area contributed by atoms with E-state index in [0.717, 1.165) is 37.3 Å². The lowest BCUT2D eigenvalue weighted by Gasteiger charge is -2.32. The summed E-state index contributed by atoms with van der Waals surface area (Å²) in [5.41, 5.74) is 3.34. The number of hydrogen-bond donors (Lipinski definition) is 1. The van der Waals surface area contributed by atoms with E-state index < -0.39 is 0 Å². The Morgan fingerprint density at radius 1 is 1.25 bits per heavy atom. The Balaban J connectivity index is 0.00000208. The molecular formula is C17H24ClN5O. The van der Waals surface area contributed by atoms with E-state index in [0.29, 0.717) is 11.7 Å². The van der Waals surface area contributed by atoms with Gasteiger partial charge in [-0.2, -0.15) is 0 Å². The minimum absolute atomic E-state index is 0. The van der Waals surface area contributed by atoms with E-state index in [1.807, 2.05) is 50.1 Å². The van der Waals surface area contributed by atoms with E-state index in [9.17, 15) is 4.79 Å². The molecule has 24 heavy (non-hydrogen) atoms. The second kappa shape index (κ2) is 7.77. The number of likely N-dealkylation sites (tertiary alicyclic amines) is 1. The molecule has 1 saturated heterocycles. The van der Waals surface area contributed by atoms with Gasteiger partial charge in [0.25, 0.3) is 5.91 Å². The Labute approximate surface area is 148 Å². The molecule has 0 aliphatic carbocycles. The molecule has 0 radical (unpaired) electrons. The molecule has 1 N–H and O–H groups in total. The van der Waals surface area contributed by atoms with Crippen LogP contribution in [0, 0.1) is 13.8 Å². The Morgan fingerprint density at radius 3 is 2.62 bits per heavy atom. The highest BCUT2D eigenvalue weighted by Crippen LogP contribution is 2.17. The van der Waals surface area contributed by atoms with Crippen LogP contribution in [0.15, 0.2) is 24.3 Å². The summed E-state index contributed by atoms with van der Waals surface area (Å²) in [4.78, 5) is 14.6. The van der Waals surface area contributed by atoms with E-state index >= 15 is 0 Å². The van der Waals surface area contributed by atoms with Crippen LogP contribution in [0.2, 0.25) is 0 Å². The third kappa shape index (κ3) is 3.60. The molecule has 1 unspecified atom stereocenters. The van der Waals surface area contributed by atoms with Gasteiger partial charge in [-0.25, -0.2) is 4.68 Å². The molecule has 7 heteroatoms. The number of amides is 1. The van der Waals surface area contributed by atoms with Gasteiger partial charge in [0.15, 0.2) is 5.69 Å². The Bertz CT molecular complexity index is 698. The second-order valence-electron chi connectivity index (χ2n) is 6.15. The monoisotopic (exact) mass is 349 g/mol. The first-order valence-corrected chi connectivity index (χ1v) is 8.06. The van der Waals surface area contributed by atoms with Gasteiger partial charge in [0, 0.05) is 19.1 Å². The lowest BCUT2D eigenvalue weighted by molar-refractivity contribution is 0.0691. The molecule has 2 aromatic rings. The van der Waals surface area contributed by atoms with Crippen LogP contribution >= 0.6 is 12.4 Å². The zero-order chi connectivity index (χ0) is 16.4. The summed E-state index contributed by atoms with van der Waals surface area (Å²) in [5, 5.41) is 11.6. The van der Waals surface area contributed by atoms with Gasteiger partial charge < -0.3 is 10.2 Å². The van der Waals surface area contributed by atoms with Crippen LogP contribution in [0.4, 0.5) is 0 Å². The SMILES string of the molecule is CNC1CCCN(C(=O)c2nnn(-c3ccc(C)cc3)c2C)C1.Cl. The van der Waals surface area contributed by atoms with Crippen LogP contribution < -0.4 is 5.32 Å². The number of carbonyl (C=O) groups is 1. The molecule has 1 fully saturated rings. The molecule has 1 aliphatic rings. The normalized spacial score (nSPS) is 17.5. The molecule has 1 aromatic carbocycles. The van der Waals surface area contributed by atoms with Crippen LogP contribution in [0.1, 0.15) is 34.6 Å². The topological polar surface area (TPSA) is 63.1 Å². The first-order chi connectivity index (χ1) is 11.1. The average Bonchev–Trinajstić information content (AvgIpc) is 2.96. The third-order valence-electron chi connectivity index (χ3n) is 4.49. The highest BCUT2D eigenvalue weighted by atomic mass is 35.5. The van der Waals surface area contributed by atoms with Gasteiger partial charge in [-0.15, -0.1) is 17.5 Å². The number of aryl methyl sites for hydroxylation is 1. The van der Waals surface area contributed by atoms with Gasteiger partial charge in [-0.05, 0) is 45.9 Å². The molecule has 130 valence electrons. The zero-order valence-electron chi connectivity index (χ0n) is 14.3. The van der Waals surface area contributed by atoms with E-state index in [1.54, 1.807) is 4.68 Å². The fourth-order valence-electron chi connectivity index (χ4n) is 3.00. The number of rotatable bonds is 3. The largest absolute Gasteiger partial charge is 0.336 e. The van der Waals surface area contributed by atoms with Crippen molar-refractivity contribution in [1.29, 1.82) is 0 Å². The lowest BCUT2D eigenvalue weighted by Crippen LogP contribution is -2.47. The standard InChI is InChI=1S/C17H23N5O.ClH/c1-12-6-8-15(9-7-12)22-13(2)16(19-20-22)17(23)21-10-4-5-14(11-21)18-3;/h6-9,14,18H,4-5,10-11H2,1-3H3;1H. The first kappa shape index (κ1) is 18.4. The fraction of sp³-hybridized carbons (Fsp3) is 0.471. The second-order valence-corrected chi connectivity index (χ2v) is 6.15. The van der Waals surface area contributed by atoms with Crippen LogP contribution in [-0.2, 0) is 0 Å². The van der Waals surface area contributed by atoms with Gasteiger partial charge >= 0.3 is 0 Å². The van der Waals surface area contributed by atoms with Crippen molar-refractivity contribution in [2.45, 2.75) is 32.7 Å². The fourth-order valence-corrected chi connectivity index (χ4v) is 3.00. The van der Waals surface area contributed by atoms with Crippen LogP contribution in [-0.4, -0.2) is 52.0 Å². The molecule has 0 bridgehead atoms. The summed E-state index contributed by atoms with van der Waals surface area (Å²) in [6, 6.07) is 8.40. The minimum atomic E-state index is -0.0270. The number of halogens is 1. The van der Waals surface area contributed by atoms with Gasteiger partial charge in [-0.1, -0.05) is 22.9 Å². The van der Waals surface area contributed by atoms with E-state index in [2.05, 4.69) is 15.6 Å². The molecule has 6 nitrogen and oxygen atoms in total. The summed E-state index contributed by atoms with van der Waals surface area (Å²) in [5.74, 6) is -0.0270. The number of hydrogen-bond acceptors (Lipinski definition) is 4. The summed E-state index contributed by atoms with van der Waals surface area (Å²) in [6.07, 6.45) is 2.12. The molecule has 1 aromatic heterocycles.